The number of nitriles is 1. The molecular formula is C20H20N4O. The van der Waals surface area contributed by atoms with Crippen LogP contribution in [0.1, 0.15) is 34.3 Å². The van der Waals surface area contributed by atoms with Crippen LogP contribution in [0.5, 0.6) is 0 Å². The van der Waals surface area contributed by atoms with Crippen molar-refractivity contribution in [3.8, 4) is 6.07 Å². The number of nitrogens with zero attached hydrogens (tertiary/aromatic N) is 4. The number of fused-ring (bicyclic) bond motifs is 1. The smallest absolute Gasteiger partial charge is 0.254 e. The summed E-state index contributed by atoms with van der Waals surface area (Å²) in [4.78, 5) is 21.6. The zero-order chi connectivity index (χ0) is 17.2. The number of pyridine rings is 1. The number of amides is 1. The second-order valence-electron chi connectivity index (χ2n) is 6.73. The summed E-state index contributed by atoms with van der Waals surface area (Å²) in [7, 11) is 0. The predicted molar refractivity (Wildman–Crippen MR) is 93.7 cm³/mol. The van der Waals surface area contributed by atoms with E-state index in [1.165, 1.54) is 5.56 Å². The Balaban J connectivity index is 1.48. The van der Waals surface area contributed by atoms with Crippen LogP contribution in [0.2, 0.25) is 0 Å². The topological polar surface area (TPSA) is 60.2 Å². The van der Waals surface area contributed by atoms with Gasteiger partial charge in [0.05, 0.1) is 11.6 Å². The number of aromatic nitrogens is 1. The van der Waals surface area contributed by atoms with E-state index in [1.54, 1.807) is 30.5 Å². The molecule has 2 fully saturated rings. The van der Waals surface area contributed by atoms with E-state index >= 15 is 0 Å². The van der Waals surface area contributed by atoms with Crippen molar-refractivity contribution in [3.05, 3.63) is 65.5 Å². The van der Waals surface area contributed by atoms with Gasteiger partial charge >= 0.3 is 0 Å². The third kappa shape index (κ3) is 3.01. The molecule has 2 aromatic rings. The molecule has 4 rings (SSSR count). The molecule has 5 heteroatoms. The highest BCUT2D eigenvalue weighted by molar-refractivity contribution is 5.95. The first-order valence-electron chi connectivity index (χ1n) is 8.70. The molecule has 0 unspecified atom stereocenters. The molecule has 0 N–H and O–H groups in total. The van der Waals surface area contributed by atoms with Crippen LogP contribution >= 0.6 is 0 Å². The van der Waals surface area contributed by atoms with E-state index in [2.05, 4.69) is 22.0 Å². The minimum atomic E-state index is 0.0489. The van der Waals surface area contributed by atoms with E-state index in [4.69, 9.17) is 5.26 Å². The van der Waals surface area contributed by atoms with Crippen LogP contribution in [0.15, 0.2) is 48.8 Å². The summed E-state index contributed by atoms with van der Waals surface area (Å²) in [5.41, 5.74) is 2.37. The van der Waals surface area contributed by atoms with Crippen molar-refractivity contribution in [1.82, 2.24) is 14.8 Å². The van der Waals surface area contributed by atoms with Crippen LogP contribution in [0.4, 0.5) is 0 Å². The Hall–Kier alpha value is -2.71. The van der Waals surface area contributed by atoms with Crippen molar-refractivity contribution in [2.75, 3.05) is 13.1 Å². The lowest BCUT2D eigenvalue weighted by atomic mass is 10.1. The summed E-state index contributed by atoms with van der Waals surface area (Å²) >= 11 is 0. The number of likely N-dealkylation sites (tertiary alicyclic amines) is 2. The quantitative estimate of drug-likeness (QED) is 0.866. The average Bonchev–Trinajstić information content (AvgIpc) is 3.25. The molecule has 1 aromatic heterocycles. The second-order valence-corrected chi connectivity index (χ2v) is 6.73. The fraction of sp³-hybridized carbons (Fsp3) is 0.350. The Labute approximate surface area is 147 Å². The fourth-order valence-electron chi connectivity index (χ4n) is 4.14. The van der Waals surface area contributed by atoms with Gasteiger partial charge in [-0.1, -0.05) is 12.1 Å². The molecule has 2 aliphatic heterocycles. The molecule has 3 heterocycles. The Kier molecular flexibility index (Phi) is 4.21. The lowest BCUT2D eigenvalue weighted by Gasteiger charge is -2.25. The molecule has 2 aliphatic rings. The van der Waals surface area contributed by atoms with Crippen LogP contribution < -0.4 is 0 Å². The Morgan fingerprint density at radius 1 is 1.20 bits per heavy atom. The Morgan fingerprint density at radius 2 is 2.08 bits per heavy atom. The van der Waals surface area contributed by atoms with Gasteiger partial charge in [0.1, 0.15) is 0 Å². The summed E-state index contributed by atoms with van der Waals surface area (Å²) in [6.45, 7) is 2.68. The van der Waals surface area contributed by atoms with Crippen molar-refractivity contribution in [2.45, 2.75) is 31.5 Å². The van der Waals surface area contributed by atoms with Crippen molar-refractivity contribution < 1.29 is 4.79 Å². The molecule has 0 saturated carbocycles. The highest BCUT2D eigenvalue weighted by atomic mass is 16.2. The molecule has 0 radical (unpaired) electrons. The summed E-state index contributed by atoms with van der Waals surface area (Å²) in [6.07, 6.45) is 5.73. The first kappa shape index (κ1) is 15.8. The monoisotopic (exact) mass is 332 g/mol. The summed E-state index contributed by atoms with van der Waals surface area (Å²) in [6, 6.07) is 13.9. The number of carbonyl (C=O) groups excluding carboxylic acids is 1. The lowest BCUT2D eigenvalue weighted by Crippen LogP contribution is -2.39. The van der Waals surface area contributed by atoms with E-state index in [-0.39, 0.29) is 11.9 Å². The van der Waals surface area contributed by atoms with Crippen molar-refractivity contribution in [1.29, 1.82) is 5.26 Å². The van der Waals surface area contributed by atoms with Gasteiger partial charge in [0.25, 0.3) is 5.91 Å². The standard InChI is InChI=1S/C20H20N4O/c21-12-15-3-1-5-17(11-15)20(25)24-10-7-18-19(24)6-9-23(18)14-16-4-2-8-22-13-16/h1-5,8,11,13,18-19H,6-7,9-10,14H2/t18-,19+/m0/s1. The highest BCUT2D eigenvalue weighted by Gasteiger charge is 2.44. The van der Waals surface area contributed by atoms with Crippen LogP contribution in [0, 0.1) is 11.3 Å². The van der Waals surface area contributed by atoms with E-state index in [0.29, 0.717) is 17.2 Å². The van der Waals surface area contributed by atoms with Crippen molar-refractivity contribution in [3.63, 3.8) is 0 Å². The van der Waals surface area contributed by atoms with Gasteiger partial charge in [-0.3, -0.25) is 14.7 Å². The number of benzene rings is 1. The highest BCUT2D eigenvalue weighted by Crippen LogP contribution is 2.33. The van der Waals surface area contributed by atoms with E-state index in [0.717, 1.165) is 32.5 Å². The van der Waals surface area contributed by atoms with E-state index < -0.39 is 0 Å². The SMILES string of the molecule is N#Cc1cccc(C(=O)N2CC[C@H]3[C@H]2CCN3Cc2cccnc2)c1. The second kappa shape index (κ2) is 6.66. The number of rotatable bonds is 3. The third-order valence-corrected chi connectivity index (χ3v) is 5.30. The first-order valence-corrected chi connectivity index (χ1v) is 8.70. The molecule has 1 amide bonds. The Morgan fingerprint density at radius 3 is 2.88 bits per heavy atom. The van der Waals surface area contributed by atoms with Gasteiger partial charge in [-0.2, -0.15) is 5.26 Å². The molecule has 0 bridgehead atoms. The number of hydrogen-bond acceptors (Lipinski definition) is 4. The summed E-state index contributed by atoms with van der Waals surface area (Å²) in [5.74, 6) is 0.0489. The Bertz CT molecular complexity index is 814. The molecule has 0 aliphatic carbocycles. The molecule has 2 saturated heterocycles. The van der Waals surface area contributed by atoms with Gasteiger partial charge < -0.3 is 4.90 Å². The minimum absolute atomic E-state index is 0.0489. The van der Waals surface area contributed by atoms with Crippen LogP contribution in [0.25, 0.3) is 0 Å². The molecule has 1 aromatic carbocycles. The van der Waals surface area contributed by atoms with E-state index in [9.17, 15) is 4.79 Å². The van der Waals surface area contributed by atoms with Crippen LogP contribution in [-0.2, 0) is 6.54 Å². The van der Waals surface area contributed by atoms with E-state index in [1.807, 2.05) is 17.2 Å². The normalized spacial score (nSPS) is 22.6. The van der Waals surface area contributed by atoms with Gasteiger partial charge in [-0.15, -0.1) is 0 Å². The molecule has 5 nitrogen and oxygen atoms in total. The third-order valence-electron chi connectivity index (χ3n) is 5.30. The molecule has 126 valence electrons. The minimum Gasteiger partial charge on any atom is -0.334 e. The maximum absolute atomic E-state index is 12.9. The van der Waals surface area contributed by atoms with Crippen molar-refractivity contribution in [2.24, 2.45) is 0 Å². The van der Waals surface area contributed by atoms with Crippen molar-refractivity contribution >= 4 is 5.91 Å². The van der Waals surface area contributed by atoms with Crippen LogP contribution in [-0.4, -0.2) is 45.9 Å². The molecule has 2 atom stereocenters. The number of hydrogen-bond donors (Lipinski definition) is 0. The first-order chi connectivity index (χ1) is 12.3. The maximum atomic E-state index is 12.9. The van der Waals surface area contributed by atoms with Gasteiger partial charge in [-0.25, -0.2) is 0 Å². The summed E-state index contributed by atoms with van der Waals surface area (Å²) < 4.78 is 0. The van der Waals surface area contributed by atoms with Gasteiger partial charge in [0.2, 0.25) is 0 Å². The molecule has 25 heavy (non-hydrogen) atoms. The largest absolute Gasteiger partial charge is 0.334 e. The van der Waals surface area contributed by atoms with Gasteiger partial charge in [-0.05, 0) is 42.7 Å². The zero-order valence-corrected chi connectivity index (χ0v) is 14.0. The molecular weight excluding hydrogens is 312 g/mol. The van der Waals surface area contributed by atoms with Gasteiger partial charge in [0, 0.05) is 49.7 Å². The lowest BCUT2D eigenvalue weighted by molar-refractivity contribution is 0.0732. The van der Waals surface area contributed by atoms with Gasteiger partial charge in [0.15, 0.2) is 0 Å². The summed E-state index contributed by atoms with van der Waals surface area (Å²) in [5, 5.41) is 9.05. The van der Waals surface area contributed by atoms with Crippen LogP contribution in [0.3, 0.4) is 0 Å². The maximum Gasteiger partial charge on any atom is 0.254 e. The average molecular weight is 332 g/mol. The zero-order valence-electron chi connectivity index (χ0n) is 14.0. The molecule has 0 spiro atoms. The number of carbonyl (C=O) groups is 1. The fourth-order valence-corrected chi connectivity index (χ4v) is 4.14. The predicted octanol–water partition coefficient (Wildman–Crippen LogP) is 2.44.